The fourth-order valence-corrected chi connectivity index (χ4v) is 2.27. The molecule has 2 heterocycles. The maximum Gasteiger partial charge on any atom is 0.408 e. The monoisotopic (exact) mass is 319 g/mol. The van der Waals surface area contributed by atoms with Gasteiger partial charge >= 0.3 is 6.09 Å². The molecule has 1 amide bonds. The number of aryl methyl sites for hydroxylation is 2. The highest BCUT2D eigenvalue weighted by Gasteiger charge is 2.19. The molecule has 0 unspecified atom stereocenters. The minimum Gasteiger partial charge on any atom is -0.444 e. The van der Waals surface area contributed by atoms with Crippen LogP contribution in [0.2, 0.25) is 0 Å². The molecule has 0 saturated carbocycles. The fourth-order valence-electron chi connectivity index (χ4n) is 2.27. The van der Waals surface area contributed by atoms with Gasteiger partial charge in [0.05, 0.1) is 24.3 Å². The minimum absolute atomic E-state index is 0.169. The lowest BCUT2D eigenvalue weighted by atomic mass is 10.2. The van der Waals surface area contributed by atoms with Crippen molar-refractivity contribution >= 4 is 6.09 Å². The first kappa shape index (κ1) is 17.1. The number of carbonyl (C=O) groups is 1. The largest absolute Gasteiger partial charge is 0.444 e. The number of hydrogen-bond acceptors (Lipinski definition) is 4. The summed E-state index contributed by atoms with van der Waals surface area (Å²) in [7, 11) is 0. The topological polar surface area (TPSA) is 74.0 Å². The van der Waals surface area contributed by atoms with Gasteiger partial charge in [0.25, 0.3) is 0 Å². The molecule has 1 N–H and O–H groups in total. The number of hydrogen-bond donors (Lipinski definition) is 1. The van der Waals surface area contributed by atoms with Gasteiger partial charge < -0.3 is 14.6 Å². The molecule has 0 aromatic carbocycles. The van der Waals surface area contributed by atoms with Gasteiger partial charge in [-0.1, -0.05) is 0 Å². The van der Waals surface area contributed by atoms with Crippen molar-refractivity contribution in [3.8, 4) is 0 Å². The number of rotatable bonds is 6. The Hall–Kier alpha value is -2.31. The van der Waals surface area contributed by atoms with Crippen molar-refractivity contribution in [3.05, 3.63) is 36.7 Å². The molecule has 2 rings (SSSR count). The number of ether oxygens (including phenoxy) is 1. The molecule has 7 heteroatoms. The van der Waals surface area contributed by atoms with Crippen LogP contribution in [0.1, 0.15) is 45.9 Å². The zero-order chi connectivity index (χ0) is 16.9. The number of imidazole rings is 1. The molecule has 0 spiro atoms. The van der Waals surface area contributed by atoms with Crippen molar-refractivity contribution in [2.75, 3.05) is 0 Å². The predicted molar refractivity (Wildman–Crippen MR) is 86.9 cm³/mol. The summed E-state index contributed by atoms with van der Waals surface area (Å²) in [5.74, 6) is 0. The first-order valence-corrected chi connectivity index (χ1v) is 7.82. The highest BCUT2D eigenvalue weighted by Crippen LogP contribution is 2.14. The van der Waals surface area contributed by atoms with E-state index in [1.54, 1.807) is 18.7 Å². The molecule has 0 saturated heterocycles. The van der Waals surface area contributed by atoms with Crippen molar-refractivity contribution in [1.29, 1.82) is 0 Å². The van der Waals surface area contributed by atoms with Gasteiger partial charge in [0.2, 0.25) is 0 Å². The maximum absolute atomic E-state index is 11.9. The van der Waals surface area contributed by atoms with E-state index < -0.39 is 11.7 Å². The smallest absolute Gasteiger partial charge is 0.408 e. The molecule has 0 aliphatic rings. The van der Waals surface area contributed by atoms with E-state index in [-0.39, 0.29) is 6.04 Å². The maximum atomic E-state index is 11.9. The molecule has 2 aromatic heterocycles. The molecule has 0 aliphatic heterocycles. The molecule has 0 radical (unpaired) electrons. The molecule has 7 nitrogen and oxygen atoms in total. The van der Waals surface area contributed by atoms with Crippen molar-refractivity contribution in [2.45, 2.75) is 58.8 Å². The summed E-state index contributed by atoms with van der Waals surface area (Å²) < 4.78 is 9.23. The van der Waals surface area contributed by atoms with Gasteiger partial charge in [-0.25, -0.2) is 9.78 Å². The van der Waals surface area contributed by atoms with E-state index >= 15 is 0 Å². The number of carbonyl (C=O) groups excluding carboxylic acids is 1. The highest BCUT2D eigenvalue weighted by atomic mass is 16.6. The first-order valence-electron chi connectivity index (χ1n) is 7.82. The zero-order valence-electron chi connectivity index (χ0n) is 14.2. The Kier molecular flexibility index (Phi) is 5.41. The summed E-state index contributed by atoms with van der Waals surface area (Å²) in [4.78, 5) is 16.1. The standard InChI is InChI=1S/C16H25N5O2/c1-13(19-15(22)23-16(2,3)4)14-11-17-12-20(14)8-6-10-21-9-5-7-18-21/h5,7,9,11-13H,6,8,10H2,1-4H3,(H,19,22)/t13-/m0/s1. The number of nitrogens with zero attached hydrogens (tertiary/aromatic N) is 4. The van der Waals surface area contributed by atoms with Crippen LogP contribution >= 0.6 is 0 Å². The second-order valence-electron chi connectivity index (χ2n) is 6.50. The van der Waals surface area contributed by atoms with Crippen LogP contribution in [0.15, 0.2) is 31.0 Å². The van der Waals surface area contributed by atoms with Gasteiger partial charge in [-0.3, -0.25) is 4.68 Å². The van der Waals surface area contributed by atoms with Gasteiger partial charge in [-0.05, 0) is 40.2 Å². The quantitative estimate of drug-likeness (QED) is 0.888. The highest BCUT2D eigenvalue weighted by molar-refractivity contribution is 5.68. The van der Waals surface area contributed by atoms with Crippen LogP contribution in [0.25, 0.3) is 0 Å². The van der Waals surface area contributed by atoms with E-state index in [4.69, 9.17) is 4.74 Å². The Morgan fingerprint density at radius 2 is 2.17 bits per heavy atom. The summed E-state index contributed by atoms with van der Waals surface area (Å²) in [6.45, 7) is 9.11. The van der Waals surface area contributed by atoms with Gasteiger partial charge in [0.15, 0.2) is 0 Å². The van der Waals surface area contributed by atoms with E-state index in [2.05, 4.69) is 15.4 Å². The van der Waals surface area contributed by atoms with E-state index in [1.165, 1.54) is 0 Å². The normalized spacial score (nSPS) is 12.9. The molecular weight excluding hydrogens is 294 g/mol. The van der Waals surface area contributed by atoms with E-state index in [9.17, 15) is 4.79 Å². The van der Waals surface area contributed by atoms with Crippen LogP contribution in [-0.4, -0.2) is 31.0 Å². The summed E-state index contributed by atoms with van der Waals surface area (Å²) in [5, 5.41) is 7.03. The molecular formula is C16H25N5O2. The van der Waals surface area contributed by atoms with E-state index in [1.807, 2.05) is 49.2 Å². The lowest BCUT2D eigenvalue weighted by Gasteiger charge is -2.22. The molecule has 1 atom stereocenters. The van der Waals surface area contributed by atoms with E-state index in [0.29, 0.717) is 0 Å². The first-order chi connectivity index (χ1) is 10.8. The Morgan fingerprint density at radius 3 is 2.83 bits per heavy atom. The number of nitrogens with one attached hydrogen (secondary N) is 1. The van der Waals surface area contributed by atoms with Crippen molar-refractivity contribution in [2.24, 2.45) is 0 Å². The molecule has 0 fully saturated rings. The summed E-state index contributed by atoms with van der Waals surface area (Å²) in [6, 6.07) is 1.74. The Morgan fingerprint density at radius 1 is 1.39 bits per heavy atom. The molecule has 0 bridgehead atoms. The van der Waals surface area contributed by atoms with Gasteiger partial charge in [0.1, 0.15) is 5.60 Å². The Balaban J connectivity index is 1.87. The second-order valence-corrected chi connectivity index (χ2v) is 6.50. The molecule has 2 aromatic rings. The van der Waals surface area contributed by atoms with Crippen LogP contribution in [0, 0.1) is 0 Å². The average molecular weight is 319 g/mol. The van der Waals surface area contributed by atoms with Crippen molar-refractivity contribution in [1.82, 2.24) is 24.6 Å². The summed E-state index contributed by atoms with van der Waals surface area (Å²) in [5.41, 5.74) is 0.449. The third kappa shape index (κ3) is 5.43. The number of amides is 1. The lowest BCUT2D eigenvalue weighted by Crippen LogP contribution is -2.34. The minimum atomic E-state index is -0.506. The van der Waals surface area contributed by atoms with Gasteiger partial charge in [-0.15, -0.1) is 0 Å². The number of aromatic nitrogens is 4. The van der Waals surface area contributed by atoms with Crippen LogP contribution in [0.3, 0.4) is 0 Å². The lowest BCUT2D eigenvalue weighted by molar-refractivity contribution is 0.0506. The second kappa shape index (κ2) is 7.30. The van der Waals surface area contributed by atoms with Gasteiger partial charge in [0, 0.05) is 25.5 Å². The molecule has 0 aliphatic carbocycles. The third-order valence-corrected chi connectivity index (χ3v) is 3.27. The SMILES string of the molecule is C[C@H](NC(=O)OC(C)(C)C)c1cncn1CCCn1cccn1. The molecule has 23 heavy (non-hydrogen) atoms. The van der Waals surface area contributed by atoms with Crippen LogP contribution in [-0.2, 0) is 17.8 Å². The third-order valence-electron chi connectivity index (χ3n) is 3.27. The average Bonchev–Trinajstić information content (AvgIpc) is 3.07. The predicted octanol–water partition coefficient (Wildman–Crippen LogP) is 2.76. The van der Waals surface area contributed by atoms with Crippen molar-refractivity contribution in [3.63, 3.8) is 0 Å². The van der Waals surface area contributed by atoms with Gasteiger partial charge in [-0.2, -0.15) is 5.10 Å². The van der Waals surface area contributed by atoms with Crippen LogP contribution < -0.4 is 5.32 Å². The fraction of sp³-hybridized carbons (Fsp3) is 0.562. The zero-order valence-corrected chi connectivity index (χ0v) is 14.2. The molecule has 126 valence electrons. The summed E-state index contributed by atoms with van der Waals surface area (Å²) in [6.07, 6.45) is 7.79. The Bertz CT molecular complexity index is 613. The van der Waals surface area contributed by atoms with E-state index in [0.717, 1.165) is 25.2 Å². The summed E-state index contributed by atoms with van der Waals surface area (Å²) >= 11 is 0. The Labute approximate surface area is 136 Å². The van der Waals surface area contributed by atoms with Crippen LogP contribution in [0.5, 0.6) is 0 Å². The van der Waals surface area contributed by atoms with Crippen molar-refractivity contribution < 1.29 is 9.53 Å². The van der Waals surface area contributed by atoms with Crippen LogP contribution in [0.4, 0.5) is 4.79 Å². The number of alkyl carbamates (subject to hydrolysis) is 1.